The molecule has 0 N–H and O–H groups in total. The number of hydrogen-bond donors (Lipinski definition) is 0. The Morgan fingerprint density at radius 3 is 2.74 bits per heavy atom. The van der Waals surface area contributed by atoms with Gasteiger partial charge in [-0.2, -0.15) is 4.91 Å². The Balaban J connectivity index is 2.61. The molecule has 1 unspecified atom stereocenters. The molecule has 1 heterocycles. The minimum absolute atomic E-state index is 0.217. The van der Waals surface area contributed by atoms with Gasteiger partial charge in [-0.15, -0.1) is 0 Å². The first-order valence-corrected chi connectivity index (χ1v) is 7.03. The fourth-order valence-electron chi connectivity index (χ4n) is 1.98. The first-order valence-electron chi connectivity index (χ1n) is 5.42. The monoisotopic (exact) mass is 284 g/mol. The maximum atomic E-state index is 11.9. The first kappa shape index (κ1) is 13.5. The lowest BCUT2D eigenvalue weighted by atomic mass is 10.0. The van der Waals surface area contributed by atoms with Gasteiger partial charge in [-0.1, -0.05) is 11.2 Å². The van der Waals surface area contributed by atoms with E-state index in [4.69, 9.17) is 0 Å². The number of benzene rings is 1. The number of rotatable bonds is 2. The van der Waals surface area contributed by atoms with Gasteiger partial charge in [-0.3, -0.25) is 4.31 Å². The van der Waals surface area contributed by atoms with E-state index < -0.39 is 22.0 Å². The highest BCUT2D eigenvalue weighted by Crippen LogP contribution is 2.36. The Morgan fingerprint density at radius 1 is 1.47 bits per heavy atom. The summed E-state index contributed by atoms with van der Waals surface area (Å²) in [6.45, 7) is 0. The largest absolute Gasteiger partial charge is 0.465 e. The van der Waals surface area contributed by atoms with Crippen molar-refractivity contribution in [2.75, 3.05) is 24.2 Å². The van der Waals surface area contributed by atoms with E-state index in [-0.39, 0.29) is 17.0 Å². The molecular formula is C11H12N2O5S. The third kappa shape index (κ3) is 2.19. The molecular weight excluding hydrogens is 272 g/mol. The Labute approximate surface area is 110 Å². The van der Waals surface area contributed by atoms with E-state index >= 15 is 0 Å². The Bertz CT molecular complexity index is 640. The van der Waals surface area contributed by atoms with Crippen molar-refractivity contribution in [2.24, 2.45) is 5.18 Å². The predicted octanol–water partition coefficient (Wildman–Crippen LogP) is 1.06. The summed E-state index contributed by atoms with van der Waals surface area (Å²) >= 11 is 0. The van der Waals surface area contributed by atoms with Crippen molar-refractivity contribution in [3.05, 3.63) is 34.2 Å². The van der Waals surface area contributed by atoms with Crippen LogP contribution in [0.25, 0.3) is 0 Å². The highest BCUT2D eigenvalue weighted by molar-refractivity contribution is 7.92. The van der Waals surface area contributed by atoms with E-state index in [9.17, 15) is 18.1 Å². The van der Waals surface area contributed by atoms with Crippen LogP contribution >= 0.6 is 0 Å². The third-order valence-corrected chi connectivity index (χ3v) is 4.83. The molecule has 8 heteroatoms. The van der Waals surface area contributed by atoms with Crippen LogP contribution in [0, 0.1) is 4.91 Å². The van der Waals surface area contributed by atoms with Crippen molar-refractivity contribution in [1.29, 1.82) is 0 Å². The number of sulfonamides is 1. The van der Waals surface area contributed by atoms with Crippen LogP contribution in [0.4, 0.5) is 5.69 Å². The standard InChI is InChI=1S/C11H12N2O5S/c1-13-10-5-7(11(14)18-2)3-4-8(10)9(12-15)6-19(13,16)17/h3-5,9H,6H2,1-2H3. The molecule has 7 nitrogen and oxygen atoms in total. The third-order valence-electron chi connectivity index (χ3n) is 3.06. The minimum Gasteiger partial charge on any atom is -0.465 e. The summed E-state index contributed by atoms with van der Waals surface area (Å²) in [5.41, 5.74) is 0.980. The molecule has 0 saturated carbocycles. The maximum absolute atomic E-state index is 11.9. The Hall–Kier alpha value is -1.96. The molecule has 1 aromatic carbocycles. The summed E-state index contributed by atoms with van der Waals surface area (Å²) in [4.78, 5) is 22.2. The average Bonchev–Trinajstić information content (AvgIpc) is 2.41. The van der Waals surface area contributed by atoms with Crippen LogP contribution in [-0.2, 0) is 14.8 Å². The van der Waals surface area contributed by atoms with Gasteiger partial charge in [0.25, 0.3) is 0 Å². The predicted molar refractivity (Wildman–Crippen MR) is 68.5 cm³/mol. The number of hydrogen-bond acceptors (Lipinski definition) is 6. The highest BCUT2D eigenvalue weighted by atomic mass is 32.2. The molecule has 1 atom stereocenters. The van der Waals surface area contributed by atoms with E-state index in [1.165, 1.54) is 32.4 Å². The van der Waals surface area contributed by atoms with Gasteiger partial charge in [0.15, 0.2) is 0 Å². The van der Waals surface area contributed by atoms with Crippen molar-refractivity contribution >= 4 is 21.7 Å². The molecule has 1 aliphatic rings. The zero-order chi connectivity index (χ0) is 14.2. The van der Waals surface area contributed by atoms with Crippen molar-refractivity contribution in [3.63, 3.8) is 0 Å². The van der Waals surface area contributed by atoms with Gasteiger partial charge >= 0.3 is 5.97 Å². The lowest BCUT2D eigenvalue weighted by Crippen LogP contribution is -2.36. The number of fused-ring (bicyclic) bond motifs is 1. The molecule has 0 amide bonds. The molecule has 0 bridgehead atoms. The number of nitrogens with zero attached hydrogens (tertiary/aromatic N) is 2. The van der Waals surface area contributed by atoms with E-state index in [1.54, 1.807) is 0 Å². The highest BCUT2D eigenvalue weighted by Gasteiger charge is 2.35. The number of anilines is 1. The summed E-state index contributed by atoms with van der Waals surface area (Å²) in [7, 11) is -0.992. The van der Waals surface area contributed by atoms with Gasteiger partial charge in [0.1, 0.15) is 6.04 Å². The van der Waals surface area contributed by atoms with Crippen molar-refractivity contribution in [2.45, 2.75) is 6.04 Å². The molecule has 0 fully saturated rings. The normalized spacial score (nSPS) is 20.5. The summed E-state index contributed by atoms with van der Waals surface area (Å²) in [5.74, 6) is -0.938. The van der Waals surface area contributed by atoms with Crippen LogP contribution < -0.4 is 4.31 Å². The average molecular weight is 284 g/mol. The van der Waals surface area contributed by atoms with Crippen molar-refractivity contribution < 1.29 is 17.9 Å². The quantitative estimate of drug-likeness (QED) is 0.598. The second kappa shape index (κ2) is 4.61. The Kier molecular flexibility index (Phi) is 3.27. The minimum atomic E-state index is -3.60. The molecule has 1 aliphatic heterocycles. The van der Waals surface area contributed by atoms with E-state index in [0.717, 1.165) is 4.31 Å². The van der Waals surface area contributed by atoms with Crippen molar-refractivity contribution in [3.8, 4) is 0 Å². The molecule has 19 heavy (non-hydrogen) atoms. The number of esters is 1. The first-order chi connectivity index (χ1) is 8.90. The lowest BCUT2D eigenvalue weighted by Gasteiger charge is -2.29. The van der Waals surface area contributed by atoms with Crippen LogP contribution in [0.5, 0.6) is 0 Å². The van der Waals surface area contributed by atoms with Crippen LogP contribution in [0.2, 0.25) is 0 Å². The number of carbonyl (C=O) groups is 1. The molecule has 0 radical (unpaired) electrons. The van der Waals surface area contributed by atoms with E-state index in [0.29, 0.717) is 5.56 Å². The second-order valence-corrected chi connectivity index (χ2v) is 6.18. The van der Waals surface area contributed by atoms with Gasteiger partial charge < -0.3 is 4.74 Å². The molecule has 0 saturated heterocycles. The van der Waals surface area contributed by atoms with Crippen molar-refractivity contribution in [1.82, 2.24) is 0 Å². The molecule has 0 aliphatic carbocycles. The van der Waals surface area contributed by atoms with Crippen LogP contribution in [0.1, 0.15) is 22.0 Å². The van der Waals surface area contributed by atoms with Crippen LogP contribution in [0.15, 0.2) is 23.4 Å². The van der Waals surface area contributed by atoms with Crippen LogP contribution in [0.3, 0.4) is 0 Å². The zero-order valence-electron chi connectivity index (χ0n) is 10.4. The SMILES string of the molecule is COC(=O)c1ccc2c(c1)N(C)S(=O)(=O)CC2N=O. The smallest absolute Gasteiger partial charge is 0.337 e. The number of nitroso groups, excluding NO2 is 1. The summed E-state index contributed by atoms with van der Waals surface area (Å²) < 4.78 is 29.4. The molecule has 0 spiro atoms. The lowest BCUT2D eigenvalue weighted by molar-refractivity contribution is 0.0600. The number of ether oxygens (including phenoxy) is 1. The Morgan fingerprint density at radius 2 is 2.16 bits per heavy atom. The molecule has 102 valence electrons. The van der Waals surface area contributed by atoms with E-state index in [2.05, 4.69) is 9.91 Å². The van der Waals surface area contributed by atoms with Gasteiger partial charge in [0, 0.05) is 12.6 Å². The molecule has 1 aromatic rings. The number of carbonyl (C=O) groups excluding carboxylic acids is 1. The second-order valence-electron chi connectivity index (χ2n) is 4.13. The fourth-order valence-corrected chi connectivity index (χ4v) is 3.30. The fraction of sp³-hybridized carbons (Fsp3) is 0.364. The molecule has 0 aromatic heterocycles. The topological polar surface area (TPSA) is 93.1 Å². The molecule has 2 rings (SSSR count). The van der Waals surface area contributed by atoms with Gasteiger partial charge in [0.05, 0.1) is 24.1 Å². The summed E-state index contributed by atoms with van der Waals surface area (Å²) in [6, 6.07) is 3.44. The zero-order valence-corrected chi connectivity index (χ0v) is 11.2. The summed E-state index contributed by atoms with van der Waals surface area (Å²) in [6.07, 6.45) is 0. The van der Waals surface area contributed by atoms with Gasteiger partial charge in [-0.25, -0.2) is 13.2 Å². The van der Waals surface area contributed by atoms with Gasteiger partial charge in [-0.05, 0) is 12.1 Å². The number of methoxy groups -OCH3 is 1. The summed E-state index contributed by atoms with van der Waals surface area (Å²) in [5, 5.41) is 2.84. The van der Waals surface area contributed by atoms with Gasteiger partial charge in [0.2, 0.25) is 10.0 Å². The van der Waals surface area contributed by atoms with Crippen LogP contribution in [-0.4, -0.2) is 34.3 Å². The maximum Gasteiger partial charge on any atom is 0.337 e. The van der Waals surface area contributed by atoms with E-state index in [1.807, 2.05) is 0 Å².